The number of benzene rings is 1. The molecule has 0 saturated heterocycles. The van der Waals surface area contributed by atoms with Crippen LogP contribution in [0, 0.1) is 5.92 Å². The monoisotopic (exact) mass is 279 g/mol. The zero-order valence-electron chi connectivity index (χ0n) is 11.1. The van der Waals surface area contributed by atoms with Gasteiger partial charge in [-0.2, -0.15) is 4.98 Å². The van der Waals surface area contributed by atoms with E-state index in [1.807, 2.05) is 24.3 Å². The van der Waals surface area contributed by atoms with Gasteiger partial charge in [0, 0.05) is 11.4 Å². The van der Waals surface area contributed by atoms with Crippen molar-refractivity contribution in [2.75, 3.05) is 0 Å². The van der Waals surface area contributed by atoms with Crippen LogP contribution in [0.4, 0.5) is 0 Å². The summed E-state index contributed by atoms with van der Waals surface area (Å²) in [5.74, 6) is 1.46. The summed E-state index contributed by atoms with van der Waals surface area (Å²) in [7, 11) is 0. The fourth-order valence-electron chi connectivity index (χ4n) is 1.80. The van der Waals surface area contributed by atoms with Crippen LogP contribution in [0.15, 0.2) is 28.8 Å². The van der Waals surface area contributed by atoms with E-state index >= 15 is 0 Å². The van der Waals surface area contributed by atoms with Crippen molar-refractivity contribution in [3.05, 3.63) is 46.6 Å². The van der Waals surface area contributed by atoms with Crippen molar-refractivity contribution in [1.82, 2.24) is 10.1 Å². The van der Waals surface area contributed by atoms with Crippen molar-refractivity contribution >= 4 is 11.6 Å². The van der Waals surface area contributed by atoms with Crippen LogP contribution in [-0.4, -0.2) is 10.1 Å². The molecule has 19 heavy (non-hydrogen) atoms. The molecular formula is C14H18ClN3O. The Morgan fingerprint density at radius 2 is 2.21 bits per heavy atom. The Balaban J connectivity index is 2.09. The Morgan fingerprint density at radius 1 is 1.42 bits per heavy atom. The lowest BCUT2D eigenvalue weighted by Crippen LogP contribution is -2.18. The third-order valence-electron chi connectivity index (χ3n) is 3.28. The standard InChI is InChI=1S/C14H18ClN3O/c1-3-9(2)13(16)14-17-12(18-19-14)8-10-5-4-6-11(15)7-10/h4-7,9,13H,3,8,16H2,1-2H3/t9-,13-/m0/s1. The van der Waals surface area contributed by atoms with Crippen LogP contribution in [0.25, 0.3) is 0 Å². The molecule has 2 N–H and O–H groups in total. The molecule has 1 aromatic heterocycles. The highest BCUT2D eigenvalue weighted by atomic mass is 35.5. The molecule has 0 bridgehead atoms. The first-order chi connectivity index (χ1) is 9.10. The molecule has 1 heterocycles. The van der Waals surface area contributed by atoms with Crippen molar-refractivity contribution in [2.45, 2.75) is 32.7 Å². The summed E-state index contributed by atoms with van der Waals surface area (Å²) in [5.41, 5.74) is 7.12. The molecule has 0 spiro atoms. The second kappa shape index (κ2) is 6.17. The Hall–Kier alpha value is -1.39. The molecule has 0 unspecified atom stereocenters. The van der Waals surface area contributed by atoms with Gasteiger partial charge in [0.05, 0.1) is 6.04 Å². The van der Waals surface area contributed by atoms with Gasteiger partial charge in [-0.3, -0.25) is 0 Å². The van der Waals surface area contributed by atoms with E-state index in [9.17, 15) is 0 Å². The highest BCUT2D eigenvalue weighted by Crippen LogP contribution is 2.21. The molecule has 0 aliphatic rings. The van der Waals surface area contributed by atoms with E-state index < -0.39 is 0 Å². The summed E-state index contributed by atoms with van der Waals surface area (Å²) >= 11 is 5.94. The molecule has 0 amide bonds. The van der Waals surface area contributed by atoms with Crippen LogP contribution in [0.5, 0.6) is 0 Å². The molecule has 5 heteroatoms. The van der Waals surface area contributed by atoms with Gasteiger partial charge in [0.15, 0.2) is 5.82 Å². The molecule has 4 nitrogen and oxygen atoms in total. The topological polar surface area (TPSA) is 64.9 Å². The lowest BCUT2D eigenvalue weighted by atomic mass is 10.0. The minimum absolute atomic E-state index is 0.203. The van der Waals surface area contributed by atoms with Gasteiger partial charge >= 0.3 is 0 Å². The molecule has 0 aliphatic carbocycles. The lowest BCUT2D eigenvalue weighted by Gasteiger charge is -2.12. The third kappa shape index (κ3) is 3.55. The number of nitrogens with zero attached hydrogens (tertiary/aromatic N) is 2. The molecule has 0 radical (unpaired) electrons. The van der Waals surface area contributed by atoms with E-state index in [2.05, 4.69) is 24.0 Å². The smallest absolute Gasteiger partial charge is 0.243 e. The second-order valence-corrected chi connectivity index (χ2v) is 5.20. The van der Waals surface area contributed by atoms with Crippen LogP contribution < -0.4 is 5.73 Å². The Kier molecular flexibility index (Phi) is 4.56. The van der Waals surface area contributed by atoms with Crippen molar-refractivity contribution in [2.24, 2.45) is 11.7 Å². The van der Waals surface area contributed by atoms with Crippen LogP contribution in [0.2, 0.25) is 5.02 Å². The normalized spacial score (nSPS) is 14.3. The van der Waals surface area contributed by atoms with Crippen molar-refractivity contribution in [3.8, 4) is 0 Å². The molecule has 0 aliphatic heterocycles. The van der Waals surface area contributed by atoms with Gasteiger partial charge in [-0.25, -0.2) is 0 Å². The Morgan fingerprint density at radius 3 is 2.89 bits per heavy atom. The first-order valence-corrected chi connectivity index (χ1v) is 6.80. The van der Waals surface area contributed by atoms with E-state index in [-0.39, 0.29) is 6.04 Å². The average Bonchev–Trinajstić information content (AvgIpc) is 2.85. The van der Waals surface area contributed by atoms with Gasteiger partial charge < -0.3 is 10.3 Å². The summed E-state index contributed by atoms with van der Waals surface area (Å²) in [6.45, 7) is 4.17. The fourth-order valence-corrected chi connectivity index (χ4v) is 2.01. The van der Waals surface area contributed by atoms with Gasteiger partial charge in [-0.15, -0.1) is 0 Å². The molecule has 2 aromatic rings. The first-order valence-electron chi connectivity index (χ1n) is 6.42. The summed E-state index contributed by atoms with van der Waals surface area (Å²) in [6.07, 6.45) is 1.57. The maximum absolute atomic E-state index is 6.06. The van der Waals surface area contributed by atoms with Gasteiger partial charge in [0.25, 0.3) is 0 Å². The number of hydrogen-bond acceptors (Lipinski definition) is 4. The largest absolute Gasteiger partial charge is 0.338 e. The maximum atomic E-state index is 6.06. The minimum atomic E-state index is -0.203. The van der Waals surface area contributed by atoms with Crippen LogP contribution >= 0.6 is 11.6 Å². The zero-order valence-corrected chi connectivity index (χ0v) is 11.9. The summed E-state index contributed by atoms with van der Waals surface area (Å²) in [5, 5.41) is 4.68. The van der Waals surface area contributed by atoms with Gasteiger partial charge in [-0.05, 0) is 23.6 Å². The average molecular weight is 280 g/mol. The van der Waals surface area contributed by atoms with E-state index in [0.717, 1.165) is 12.0 Å². The third-order valence-corrected chi connectivity index (χ3v) is 3.51. The molecule has 2 rings (SSSR count). The fraction of sp³-hybridized carbons (Fsp3) is 0.429. The molecule has 0 fully saturated rings. The number of aromatic nitrogens is 2. The predicted molar refractivity (Wildman–Crippen MR) is 74.9 cm³/mol. The quantitative estimate of drug-likeness (QED) is 0.911. The van der Waals surface area contributed by atoms with Crippen LogP contribution in [-0.2, 0) is 6.42 Å². The number of rotatable bonds is 5. The Labute approximate surface area is 118 Å². The van der Waals surface area contributed by atoms with Gasteiger partial charge in [-0.1, -0.05) is 49.2 Å². The number of halogens is 1. The Bertz CT molecular complexity index is 541. The van der Waals surface area contributed by atoms with E-state index in [1.54, 1.807) is 0 Å². The van der Waals surface area contributed by atoms with Gasteiger partial charge in [0.1, 0.15) is 0 Å². The SMILES string of the molecule is CC[C@H](C)[C@H](N)c1nc(Cc2cccc(Cl)c2)no1. The van der Waals surface area contributed by atoms with Crippen molar-refractivity contribution in [3.63, 3.8) is 0 Å². The van der Waals surface area contributed by atoms with Crippen molar-refractivity contribution < 1.29 is 4.52 Å². The highest BCUT2D eigenvalue weighted by Gasteiger charge is 2.19. The summed E-state index contributed by atoms with van der Waals surface area (Å²) in [4.78, 5) is 4.36. The maximum Gasteiger partial charge on any atom is 0.243 e. The first kappa shape index (κ1) is 14.0. The van der Waals surface area contributed by atoms with Crippen molar-refractivity contribution in [1.29, 1.82) is 0 Å². The van der Waals surface area contributed by atoms with E-state index in [0.29, 0.717) is 29.1 Å². The molecule has 2 atom stereocenters. The molecule has 102 valence electrons. The number of nitrogens with two attached hydrogens (primary N) is 1. The minimum Gasteiger partial charge on any atom is -0.338 e. The summed E-state index contributed by atoms with van der Waals surface area (Å²) < 4.78 is 5.23. The second-order valence-electron chi connectivity index (χ2n) is 4.77. The molecule has 0 saturated carbocycles. The molecular weight excluding hydrogens is 262 g/mol. The molecule has 1 aromatic carbocycles. The van der Waals surface area contributed by atoms with E-state index in [1.165, 1.54) is 0 Å². The number of hydrogen-bond donors (Lipinski definition) is 1. The lowest BCUT2D eigenvalue weighted by molar-refractivity contribution is 0.310. The summed E-state index contributed by atoms with van der Waals surface area (Å²) in [6, 6.07) is 7.42. The van der Waals surface area contributed by atoms with E-state index in [4.69, 9.17) is 21.9 Å². The van der Waals surface area contributed by atoms with Crippen LogP contribution in [0.1, 0.15) is 43.6 Å². The highest BCUT2D eigenvalue weighted by molar-refractivity contribution is 6.30. The van der Waals surface area contributed by atoms with Gasteiger partial charge in [0.2, 0.25) is 5.89 Å². The predicted octanol–water partition coefficient (Wildman–Crippen LogP) is 3.36. The van der Waals surface area contributed by atoms with Crippen LogP contribution in [0.3, 0.4) is 0 Å². The zero-order chi connectivity index (χ0) is 13.8.